The van der Waals surface area contributed by atoms with Crippen molar-refractivity contribution in [3.8, 4) is 0 Å². The van der Waals surface area contributed by atoms with Gasteiger partial charge in [0.05, 0.1) is 0 Å². The quantitative estimate of drug-likeness (QED) is 0.741. The van der Waals surface area contributed by atoms with Crippen molar-refractivity contribution in [2.75, 3.05) is 33.7 Å². The monoisotopic (exact) mass is 198 g/mol. The average Bonchev–Trinajstić information content (AvgIpc) is 2.15. The molecular formula is C12H26N2. The highest BCUT2D eigenvalue weighted by atomic mass is 15.1. The lowest BCUT2D eigenvalue weighted by atomic mass is 9.78. The summed E-state index contributed by atoms with van der Waals surface area (Å²) < 4.78 is 0. The van der Waals surface area contributed by atoms with Gasteiger partial charge in [-0.1, -0.05) is 13.8 Å². The molecule has 0 aliphatic carbocycles. The summed E-state index contributed by atoms with van der Waals surface area (Å²) in [5.41, 5.74) is 0. The number of piperidine rings is 1. The zero-order chi connectivity index (χ0) is 10.6. The Hall–Kier alpha value is -0.0800. The van der Waals surface area contributed by atoms with Crippen molar-refractivity contribution in [3.05, 3.63) is 0 Å². The lowest BCUT2D eigenvalue weighted by molar-refractivity contribution is 0.142. The van der Waals surface area contributed by atoms with Gasteiger partial charge < -0.3 is 10.2 Å². The second kappa shape index (κ2) is 5.72. The summed E-state index contributed by atoms with van der Waals surface area (Å²) in [6, 6.07) is 0. The van der Waals surface area contributed by atoms with E-state index >= 15 is 0 Å². The van der Waals surface area contributed by atoms with Crippen LogP contribution in [0.3, 0.4) is 0 Å². The number of hydrogen-bond donors (Lipinski definition) is 1. The molecule has 1 fully saturated rings. The minimum absolute atomic E-state index is 0.816. The first-order valence-corrected chi connectivity index (χ1v) is 5.98. The molecule has 0 aromatic rings. The molecule has 2 heteroatoms. The Labute approximate surface area is 89.1 Å². The zero-order valence-corrected chi connectivity index (χ0v) is 10.2. The summed E-state index contributed by atoms with van der Waals surface area (Å²) in [5.74, 6) is 2.63. The Morgan fingerprint density at radius 2 is 1.86 bits per heavy atom. The van der Waals surface area contributed by atoms with E-state index in [1.54, 1.807) is 0 Å². The van der Waals surface area contributed by atoms with Crippen LogP contribution in [0.15, 0.2) is 0 Å². The molecule has 14 heavy (non-hydrogen) atoms. The van der Waals surface area contributed by atoms with Crippen LogP contribution in [0.1, 0.15) is 26.7 Å². The minimum Gasteiger partial charge on any atom is -0.319 e. The van der Waals surface area contributed by atoms with Crippen molar-refractivity contribution in [2.24, 2.45) is 17.8 Å². The van der Waals surface area contributed by atoms with Gasteiger partial charge >= 0.3 is 0 Å². The molecule has 2 nitrogen and oxygen atoms in total. The SMILES string of the molecule is CNCC(C(C)C)C1CCN(C)CC1. The van der Waals surface area contributed by atoms with Gasteiger partial charge in [0.2, 0.25) is 0 Å². The molecule has 1 unspecified atom stereocenters. The normalized spacial score (nSPS) is 22.9. The van der Waals surface area contributed by atoms with E-state index in [4.69, 9.17) is 0 Å². The summed E-state index contributed by atoms with van der Waals surface area (Å²) >= 11 is 0. The van der Waals surface area contributed by atoms with E-state index in [0.717, 1.165) is 17.8 Å². The molecular weight excluding hydrogens is 172 g/mol. The molecule has 0 spiro atoms. The van der Waals surface area contributed by atoms with Crippen molar-refractivity contribution < 1.29 is 0 Å². The third-order valence-electron chi connectivity index (χ3n) is 3.66. The highest BCUT2D eigenvalue weighted by Crippen LogP contribution is 2.29. The van der Waals surface area contributed by atoms with E-state index in [1.807, 2.05) is 0 Å². The molecule has 0 aromatic heterocycles. The van der Waals surface area contributed by atoms with Crippen LogP contribution in [0.2, 0.25) is 0 Å². The first-order valence-electron chi connectivity index (χ1n) is 5.98. The van der Waals surface area contributed by atoms with Crippen LogP contribution < -0.4 is 5.32 Å². The summed E-state index contributed by atoms with van der Waals surface area (Å²) in [5, 5.41) is 3.34. The lowest BCUT2D eigenvalue weighted by Crippen LogP contribution is -2.38. The van der Waals surface area contributed by atoms with E-state index in [-0.39, 0.29) is 0 Å². The third-order valence-corrected chi connectivity index (χ3v) is 3.66. The maximum atomic E-state index is 3.34. The molecule has 84 valence electrons. The van der Waals surface area contributed by atoms with E-state index in [0.29, 0.717) is 0 Å². The van der Waals surface area contributed by atoms with Crippen molar-refractivity contribution >= 4 is 0 Å². The Morgan fingerprint density at radius 1 is 1.29 bits per heavy atom. The molecule has 0 aromatic carbocycles. The van der Waals surface area contributed by atoms with Crippen LogP contribution in [0, 0.1) is 17.8 Å². The third kappa shape index (κ3) is 3.25. The van der Waals surface area contributed by atoms with Crippen LogP contribution >= 0.6 is 0 Å². The highest BCUT2D eigenvalue weighted by Gasteiger charge is 2.26. The largest absolute Gasteiger partial charge is 0.319 e. The number of rotatable bonds is 4. The lowest BCUT2D eigenvalue weighted by Gasteiger charge is -2.36. The van der Waals surface area contributed by atoms with Gasteiger partial charge in [-0.2, -0.15) is 0 Å². The second-order valence-electron chi connectivity index (χ2n) is 5.11. The van der Waals surface area contributed by atoms with Crippen LogP contribution in [0.25, 0.3) is 0 Å². The first kappa shape index (κ1) is 12.0. The van der Waals surface area contributed by atoms with Gasteiger partial charge in [-0.3, -0.25) is 0 Å². The van der Waals surface area contributed by atoms with Crippen molar-refractivity contribution in [3.63, 3.8) is 0 Å². The van der Waals surface area contributed by atoms with Crippen LogP contribution in [0.4, 0.5) is 0 Å². The van der Waals surface area contributed by atoms with Gasteiger partial charge in [0.1, 0.15) is 0 Å². The molecule has 1 N–H and O–H groups in total. The topological polar surface area (TPSA) is 15.3 Å². The van der Waals surface area contributed by atoms with Crippen molar-refractivity contribution in [2.45, 2.75) is 26.7 Å². The standard InChI is InChI=1S/C12H26N2/c1-10(2)12(9-13-3)11-5-7-14(4)8-6-11/h10-13H,5-9H2,1-4H3. The van der Waals surface area contributed by atoms with E-state index in [1.165, 1.54) is 32.5 Å². The number of likely N-dealkylation sites (tertiary alicyclic amines) is 1. The molecule has 1 atom stereocenters. The van der Waals surface area contributed by atoms with Gasteiger partial charge in [0, 0.05) is 0 Å². The van der Waals surface area contributed by atoms with Gasteiger partial charge in [0.15, 0.2) is 0 Å². The number of nitrogens with one attached hydrogen (secondary N) is 1. The molecule has 0 amide bonds. The minimum atomic E-state index is 0.816. The Bertz CT molecular complexity index is 148. The number of nitrogens with zero attached hydrogens (tertiary/aromatic N) is 1. The predicted molar refractivity (Wildman–Crippen MR) is 62.5 cm³/mol. The average molecular weight is 198 g/mol. The predicted octanol–water partition coefficient (Wildman–Crippen LogP) is 1.82. The van der Waals surface area contributed by atoms with Gasteiger partial charge in [0.25, 0.3) is 0 Å². The first-order chi connectivity index (χ1) is 6.65. The number of hydrogen-bond acceptors (Lipinski definition) is 2. The fourth-order valence-corrected chi connectivity index (χ4v) is 2.64. The highest BCUT2D eigenvalue weighted by molar-refractivity contribution is 4.79. The Morgan fingerprint density at radius 3 is 2.29 bits per heavy atom. The van der Waals surface area contributed by atoms with Crippen molar-refractivity contribution in [1.29, 1.82) is 0 Å². The van der Waals surface area contributed by atoms with Gasteiger partial charge in [-0.05, 0) is 64.3 Å². The molecule has 1 saturated heterocycles. The smallest absolute Gasteiger partial charge is 0.00184 e. The fraction of sp³-hybridized carbons (Fsp3) is 1.00. The van der Waals surface area contributed by atoms with Crippen LogP contribution in [-0.4, -0.2) is 38.6 Å². The van der Waals surface area contributed by atoms with E-state index in [2.05, 4.69) is 38.2 Å². The van der Waals surface area contributed by atoms with E-state index in [9.17, 15) is 0 Å². The maximum Gasteiger partial charge on any atom is -0.00184 e. The molecule has 0 radical (unpaired) electrons. The summed E-state index contributed by atoms with van der Waals surface area (Å²) in [6.45, 7) is 8.49. The maximum absolute atomic E-state index is 3.34. The Balaban J connectivity index is 2.43. The molecule has 0 bridgehead atoms. The molecule has 1 aliphatic rings. The zero-order valence-electron chi connectivity index (χ0n) is 10.2. The Kier molecular flexibility index (Phi) is 4.90. The van der Waals surface area contributed by atoms with Gasteiger partial charge in [-0.25, -0.2) is 0 Å². The summed E-state index contributed by atoms with van der Waals surface area (Å²) in [4.78, 5) is 2.45. The van der Waals surface area contributed by atoms with Gasteiger partial charge in [-0.15, -0.1) is 0 Å². The molecule has 0 saturated carbocycles. The summed E-state index contributed by atoms with van der Waals surface area (Å²) in [7, 11) is 4.31. The summed E-state index contributed by atoms with van der Waals surface area (Å²) in [6.07, 6.45) is 2.78. The second-order valence-corrected chi connectivity index (χ2v) is 5.11. The molecule has 1 aliphatic heterocycles. The van der Waals surface area contributed by atoms with Crippen LogP contribution in [-0.2, 0) is 0 Å². The molecule has 1 heterocycles. The van der Waals surface area contributed by atoms with Crippen molar-refractivity contribution in [1.82, 2.24) is 10.2 Å². The fourth-order valence-electron chi connectivity index (χ4n) is 2.64. The van der Waals surface area contributed by atoms with E-state index < -0.39 is 0 Å². The molecule has 1 rings (SSSR count). The van der Waals surface area contributed by atoms with Crippen LogP contribution in [0.5, 0.6) is 0 Å².